The first-order valence-electron chi connectivity index (χ1n) is 5.51. The summed E-state index contributed by atoms with van der Waals surface area (Å²) >= 11 is 0. The van der Waals surface area contributed by atoms with Crippen LogP contribution in [-0.4, -0.2) is 24.2 Å². The number of ether oxygens (including phenoxy) is 1. The van der Waals surface area contributed by atoms with Gasteiger partial charge in [0, 0.05) is 11.6 Å². The molecule has 1 aliphatic carbocycles. The maximum Gasteiger partial charge on any atom is 0.307 e. The first-order valence-corrected chi connectivity index (χ1v) is 5.51. The minimum atomic E-state index is -0.0691. The lowest BCUT2D eigenvalue weighted by molar-refractivity contribution is -0.146. The molecule has 1 fully saturated rings. The summed E-state index contributed by atoms with van der Waals surface area (Å²) in [5, 5.41) is 3.48. The largest absolute Gasteiger partial charge is 0.466 e. The molecule has 0 saturated heterocycles. The number of nitrogens with one attached hydrogen (secondary N) is 1. The Balaban J connectivity index is 2.41. The van der Waals surface area contributed by atoms with E-state index in [-0.39, 0.29) is 11.5 Å². The van der Waals surface area contributed by atoms with Crippen LogP contribution in [-0.2, 0) is 9.53 Å². The van der Waals surface area contributed by atoms with Gasteiger partial charge in [-0.25, -0.2) is 0 Å². The van der Waals surface area contributed by atoms with Crippen molar-refractivity contribution < 1.29 is 9.53 Å². The summed E-state index contributed by atoms with van der Waals surface area (Å²) < 4.78 is 4.98. The molecular weight excluding hydrogens is 178 g/mol. The van der Waals surface area contributed by atoms with Crippen LogP contribution in [0.5, 0.6) is 0 Å². The van der Waals surface area contributed by atoms with Crippen LogP contribution in [0.4, 0.5) is 0 Å². The van der Waals surface area contributed by atoms with Crippen LogP contribution in [0.15, 0.2) is 0 Å². The molecule has 0 aromatic rings. The van der Waals surface area contributed by atoms with Crippen LogP contribution in [0.25, 0.3) is 0 Å². The van der Waals surface area contributed by atoms with Crippen molar-refractivity contribution in [1.29, 1.82) is 0 Å². The summed E-state index contributed by atoms with van der Waals surface area (Å²) in [4.78, 5) is 11.4. The Morgan fingerprint density at radius 1 is 1.50 bits per heavy atom. The lowest BCUT2D eigenvalue weighted by Gasteiger charge is -2.43. The van der Waals surface area contributed by atoms with Crippen molar-refractivity contribution in [3.63, 3.8) is 0 Å². The lowest BCUT2D eigenvalue weighted by Crippen LogP contribution is -2.55. The van der Waals surface area contributed by atoms with Gasteiger partial charge in [0.2, 0.25) is 0 Å². The van der Waals surface area contributed by atoms with Crippen molar-refractivity contribution in [3.05, 3.63) is 0 Å². The molecule has 0 unspecified atom stereocenters. The average molecular weight is 199 g/mol. The van der Waals surface area contributed by atoms with Crippen molar-refractivity contribution in [2.24, 2.45) is 0 Å². The fourth-order valence-electron chi connectivity index (χ4n) is 2.08. The Kier molecular flexibility index (Phi) is 3.93. The maximum absolute atomic E-state index is 11.4. The van der Waals surface area contributed by atoms with Crippen molar-refractivity contribution in [1.82, 2.24) is 5.32 Å². The van der Waals surface area contributed by atoms with E-state index in [1.807, 2.05) is 6.92 Å². The molecule has 0 aromatic carbocycles. The van der Waals surface area contributed by atoms with Crippen LogP contribution in [0.2, 0.25) is 0 Å². The molecule has 3 nitrogen and oxygen atoms in total. The number of rotatable bonds is 5. The zero-order valence-electron chi connectivity index (χ0n) is 9.43. The van der Waals surface area contributed by atoms with Crippen LogP contribution in [0, 0.1) is 0 Å². The molecule has 14 heavy (non-hydrogen) atoms. The van der Waals surface area contributed by atoms with Gasteiger partial charge in [-0.15, -0.1) is 0 Å². The smallest absolute Gasteiger partial charge is 0.307 e. The molecule has 0 heterocycles. The maximum atomic E-state index is 11.4. The zero-order chi connectivity index (χ0) is 10.6. The molecule has 1 rings (SSSR count). The Morgan fingerprint density at radius 3 is 2.50 bits per heavy atom. The molecular formula is C11H21NO2. The molecule has 0 atom stereocenters. The first-order chi connectivity index (χ1) is 6.58. The minimum absolute atomic E-state index is 0.0421. The SMILES string of the molecule is CCOC(=O)CC1(NC(C)C)CCC1. The Morgan fingerprint density at radius 2 is 2.14 bits per heavy atom. The molecule has 0 aromatic heterocycles. The quantitative estimate of drug-likeness (QED) is 0.687. The van der Waals surface area contributed by atoms with Gasteiger partial charge >= 0.3 is 5.97 Å². The first kappa shape index (κ1) is 11.5. The Hall–Kier alpha value is -0.570. The van der Waals surface area contributed by atoms with E-state index in [9.17, 15) is 4.79 Å². The number of hydrogen-bond acceptors (Lipinski definition) is 3. The van der Waals surface area contributed by atoms with E-state index in [0.29, 0.717) is 19.1 Å². The van der Waals surface area contributed by atoms with E-state index in [4.69, 9.17) is 4.74 Å². The fraction of sp³-hybridized carbons (Fsp3) is 0.909. The van der Waals surface area contributed by atoms with Gasteiger partial charge in [0.25, 0.3) is 0 Å². The second-order valence-electron chi connectivity index (χ2n) is 4.41. The third kappa shape index (κ3) is 2.98. The summed E-state index contributed by atoms with van der Waals surface area (Å²) in [6, 6.07) is 0.435. The van der Waals surface area contributed by atoms with Crippen LogP contribution in [0.1, 0.15) is 46.5 Å². The lowest BCUT2D eigenvalue weighted by atomic mass is 9.74. The van der Waals surface area contributed by atoms with Crippen molar-refractivity contribution in [2.75, 3.05) is 6.61 Å². The van der Waals surface area contributed by atoms with E-state index in [2.05, 4.69) is 19.2 Å². The van der Waals surface area contributed by atoms with Gasteiger partial charge in [0.15, 0.2) is 0 Å². The molecule has 1 saturated carbocycles. The van der Waals surface area contributed by atoms with Crippen LogP contribution < -0.4 is 5.32 Å². The molecule has 3 heteroatoms. The summed E-state index contributed by atoms with van der Waals surface area (Å²) in [7, 11) is 0. The van der Waals surface area contributed by atoms with Crippen LogP contribution >= 0.6 is 0 Å². The monoisotopic (exact) mass is 199 g/mol. The van der Waals surface area contributed by atoms with Gasteiger partial charge in [-0.3, -0.25) is 4.79 Å². The number of carbonyl (C=O) groups is 1. The van der Waals surface area contributed by atoms with Crippen molar-refractivity contribution >= 4 is 5.97 Å². The average Bonchev–Trinajstić information content (AvgIpc) is 1.99. The normalized spacial score (nSPS) is 19.1. The number of esters is 1. The molecule has 0 amide bonds. The third-order valence-corrected chi connectivity index (χ3v) is 2.69. The summed E-state index contributed by atoms with van der Waals surface area (Å²) in [5.41, 5.74) is 0.0421. The van der Waals surface area contributed by atoms with E-state index in [0.717, 1.165) is 12.8 Å². The molecule has 0 spiro atoms. The van der Waals surface area contributed by atoms with Gasteiger partial charge in [-0.05, 0) is 26.2 Å². The molecule has 0 aliphatic heterocycles. The minimum Gasteiger partial charge on any atom is -0.466 e. The molecule has 82 valence electrons. The highest BCUT2D eigenvalue weighted by Gasteiger charge is 2.39. The topological polar surface area (TPSA) is 38.3 Å². The second kappa shape index (κ2) is 4.78. The third-order valence-electron chi connectivity index (χ3n) is 2.69. The van der Waals surface area contributed by atoms with E-state index in [1.54, 1.807) is 0 Å². The highest BCUT2D eigenvalue weighted by Crippen LogP contribution is 2.35. The summed E-state index contributed by atoms with van der Waals surface area (Å²) in [6.45, 7) is 6.56. The van der Waals surface area contributed by atoms with Crippen LogP contribution in [0.3, 0.4) is 0 Å². The predicted molar refractivity (Wildman–Crippen MR) is 56.1 cm³/mol. The Labute approximate surface area is 86.2 Å². The predicted octanol–water partition coefficient (Wildman–Crippen LogP) is 1.86. The standard InChI is InChI=1S/C11H21NO2/c1-4-14-10(13)8-11(6-5-7-11)12-9(2)3/h9,12H,4-8H2,1-3H3. The van der Waals surface area contributed by atoms with Crippen molar-refractivity contribution in [3.8, 4) is 0 Å². The van der Waals surface area contributed by atoms with Gasteiger partial charge in [0.05, 0.1) is 13.0 Å². The molecule has 1 N–H and O–H groups in total. The summed E-state index contributed by atoms with van der Waals surface area (Å²) in [5.74, 6) is -0.0691. The molecule has 0 bridgehead atoms. The zero-order valence-corrected chi connectivity index (χ0v) is 9.43. The van der Waals surface area contributed by atoms with Gasteiger partial charge < -0.3 is 10.1 Å². The van der Waals surface area contributed by atoms with E-state index < -0.39 is 0 Å². The highest BCUT2D eigenvalue weighted by molar-refractivity contribution is 5.71. The number of carbonyl (C=O) groups excluding carboxylic acids is 1. The molecule has 1 aliphatic rings. The van der Waals surface area contributed by atoms with Gasteiger partial charge in [0.1, 0.15) is 0 Å². The fourth-order valence-corrected chi connectivity index (χ4v) is 2.08. The van der Waals surface area contributed by atoms with Gasteiger partial charge in [-0.2, -0.15) is 0 Å². The van der Waals surface area contributed by atoms with E-state index in [1.165, 1.54) is 6.42 Å². The van der Waals surface area contributed by atoms with E-state index >= 15 is 0 Å². The highest BCUT2D eigenvalue weighted by atomic mass is 16.5. The van der Waals surface area contributed by atoms with Crippen molar-refractivity contribution in [2.45, 2.75) is 58.0 Å². The summed E-state index contributed by atoms with van der Waals surface area (Å²) in [6.07, 6.45) is 3.95. The Bertz CT molecular complexity index is 197. The van der Waals surface area contributed by atoms with Gasteiger partial charge in [-0.1, -0.05) is 13.8 Å². The number of hydrogen-bond donors (Lipinski definition) is 1. The second-order valence-corrected chi connectivity index (χ2v) is 4.41. The molecule has 0 radical (unpaired) electrons.